The van der Waals surface area contributed by atoms with Crippen LogP contribution in [0.1, 0.15) is 40.8 Å². The normalized spacial score (nSPS) is 10.5. The highest BCUT2D eigenvalue weighted by atomic mass is 16.1. The van der Waals surface area contributed by atoms with E-state index in [-0.39, 0.29) is 5.91 Å². The molecule has 0 spiro atoms. The number of nitrogens with one attached hydrogen (secondary N) is 3. The minimum Gasteiger partial charge on any atom is -0.319 e. The number of nitrogens with two attached hydrogens (primary N) is 1. The van der Waals surface area contributed by atoms with E-state index < -0.39 is 0 Å². The molecule has 0 saturated heterocycles. The summed E-state index contributed by atoms with van der Waals surface area (Å²) in [6, 6.07) is 3.41. The predicted octanol–water partition coefficient (Wildman–Crippen LogP) is 1.91. The Labute approximate surface area is 123 Å². The molecule has 0 fully saturated rings. The van der Waals surface area contributed by atoms with E-state index in [0.717, 1.165) is 29.9 Å². The summed E-state index contributed by atoms with van der Waals surface area (Å²) < 4.78 is 0. The van der Waals surface area contributed by atoms with Crippen LogP contribution < -0.4 is 16.6 Å². The highest BCUT2D eigenvalue weighted by Crippen LogP contribution is 2.18. The molecule has 0 bridgehead atoms. The number of hydrogen-bond donors (Lipinski definition) is 4. The van der Waals surface area contributed by atoms with E-state index in [2.05, 4.69) is 32.8 Å². The largest absolute Gasteiger partial charge is 0.319 e. The van der Waals surface area contributed by atoms with Crippen LogP contribution >= 0.6 is 0 Å². The van der Waals surface area contributed by atoms with Gasteiger partial charge >= 0.3 is 0 Å². The zero-order valence-electron chi connectivity index (χ0n) is 12.4. The summed E-state index contributed by atoms with van der Waals surface area (Å²) >= 11 is 0. The maximum absolute atomic E-state index is 12.4. The van der Waals surface area contributed by atoms with Gasteiger partial charge in [-0.15, -0.1) is 0 Å². The number of carbonyl (C=O) groups is 1. The Balaban J connectivity index is 2.28. The molecule has 21 heavy (non-hydrogen) atoms. The number of hydrazine groups is 1. The van der Waals surface area contributed by atoms with Crippen molar-refractivity contribution in [3.8, 4) is 0 Å². The topological polar surface area (TPSA) is 109 Å². The van der Waals surface area contributed by atoms with Crippen molar-refractivity contribution >= 4 is 17.4 Å². The van der Waals surface area contributed by atoms with Crippen LogP contribution in [0.3, 0.4) is 0 Å². The van der Waals surface area contributed by atoms with Gasteiger partial charge in [0.25, 0.3) is 5.91 Å². The third-order valence-corrected chi connectivity index (χ3v) is 3.16. The van der Waals surface area contributed by atoms with Gasteiger partial charge in [0.05, 0.1) is 17.1 Å². The lowest BCUT2D eigenvalue weighted by Crippen LogP contribution is -2.16. The fourth-order valence-electron chi connectivity index (χ4n) is 2.10. The van der Waals surface area contributed by atoms with Gasteiger partial charge in [0.1, 0.15) is 5.82 Å². The Kier molecular flexibility index (Phi) is 4.54. The van der Waals surface area contributed by atoms with Gasteiger partial charge in [0.2, 0.25) is 0 Å². The Morgan fingerprint density at radius 2 is 2.14 bits per heavy atom. The van der Waals surface area contributed by atoms with Gasteiger partial charge in [0, 0.05) is 11.3 Å². The molecule has 7 heteroatoms. The first-order valence-corrected chi connectivity index (χ1v) is 6.85. The summed E-state index contributed by atoms with van der Waals surface area (Å²) in [5.41, 5.74) is 6.12. The quantitative estimate of drug-likeness (QED) is 0.496. The summed E-state index contributed by atoms with van der Waals surface area (Å²) in [7, 11) is 0. The molecule has 0 unspecified atom stereocenters. The first-order valence-electron chi connectivity index (χ1n) is 6.85. The predicted molar refractivity (Wildman–Crippen MR) is 82.1 cm³/mol. The summed E-state index contributed by atoms with van der Waals surface area (Å²) in [6.45, 7) is 5.75. The van der Waals surface area contributed by atoms with Crippen LogP contribution in [0.15, 0.2) is 12.1 Å². The van der Waals surface area contributed by atoms with Crippen LogP contribution in [0.4, 0.5) is 11.5 Å². The Bertz CT molecular complexity index is 629. The maximum atomic E-state index is 12.4. The molecular formula is C14H20N6O. The molecule has 0 aromatic carbocycles. The minimum absolute atomic E-state index is 0.209. The lowest BCUT2D eigenvalue weighted by atomic mass is 10.1. The molecule has 0 saturated carbocycles. The molecule has 0 aliphatic rings. The summed E-state index contributed by atoms with van der Waals surface area (Å²) in [5, 5.41) is 9.76. The highest BCUT2D eigenvalue weighted by Gasteiger charge is 2.14. The van der Waals surface area contributed by atoms with Crippen molar-refractivity contribution in [1.29, 1.82) is 0 Å². The number of pyridine rings is 1. The molecular weight excluding hydrogens is 268 g/mol. The standard InChI is InChI=1S/C14H20N6O/c1-4-5-11-6-10(7-12(16-11)18-15)14(21)17-13-8(2)19-20-9(13)3/h6-7H,4-5,15H2,1-3H3,(H,16,18)(H,17,21)(H,19,20). The molecule has 0 aliphatic heterocycles. The van der Waals surface area contributed by atoms with Crippen LogP contribution in [0.2, 0.25) is 0 Å². The average Bonchev–Trinajstić information content (AvgIpc) is 2.79. The van der Waals surface area contributed by atoms with Crippen molar-refractivity contribution in [3.63, 3.8) is 0 Å². The summed E-state index contributed by atoms with van der Waals surface area (Å²) in [4.78, 5) is 16.7. The van der Waals surface area contributed by atoms with Crippen LogP contribution in [-0.4, -0.2) is 21.1 Å². The molecule has 7 nitrogen and oxygen atoms in total. The molecule has 0 atom stereocenters. The molecule has 5 N–H and O–H groups in total. The molecule has 0 radical (unpaired) electrons. The molecule has 1 amide bonds. The monoisotopic (exact) mass is 288 g/mol. The zero-order chi connectivity index (χ0) is 15.4. The molecule has 2 rings (SSSR count). The third-order valence-electron chi connectivity index (χ3n) is 3.16. The van der Waals surface area contributed by atoms with Crippen LogP contribution in [-0.2, 0) is 6.42 Å². The number of anilines is 2. The van der Waals surface area contributed by atoms with Crippen LogP contribution in [0.5, 0.6) is 0 Å². The van der Waals surface area contributed by atoms with Gasteiger partial charge in [-0.05, 0) is 32.4 Å². The lowest BCUT2D eigenvalue weighted by molar-refractivity contribution is 0.102. The second kappa shape index (κ2) is 6.36. The fourth-order valence-corrected chi connectivity index (χ4v) is 2.10. The number of nitrogens with zero attached hydrogens (tertiary/aromatic N) is 2. The van der Waals surface area contributed by atoms with E-state index in [1.54, 1.807) is 12.1 Å². The molecule has 2 aromatic rings. The van der Waals surface area contributed by atoms with Gasteiger partial charge in [-0.25, -0.2) is 10.8 Å². The number of amides is 1. The van der Waals surface area contributed by atoms with E-state index in [4.69, 9.17) is 5.84 Å². The number of aryl methyl sites for hydroxylation is 3. The van der Waals surface area contributed by atoms with Gasteiger partial charge in [-0.3, -0.25) is 9.89 Å². The lowest BCUT2D eigenvalue weighted by Gasteiger charge is -2.09. The van der Waals surface area contributed by atoms with Crippen molar-refractivity contribution in [3.05, 3.63) is 34.8 Å². The van der Waals surface area contributed by atoms with Crippen molar-refractivity contribution in [1.82, 2.24) is 15.2 Å². The van der Waals surface area contributed by atoms with E-state index in [9.17, 15) is 4.79 Å². The van der Waals surface area contributed by atoms with E-state index >= 15 is 0 Å². The van der Waals surface area contributed by atoms with E-state index in [1.807, 2.05) is 13.8 Å². The number of H-pyrrole nitrogens is 1. The number of aromatic amines is 1. The number of aromatic nitrogens is 3. The first-order chi connectivity index (χ1) is 10.0. The summed E-state index contributed by atoms with van der Waals surface area (Å²) in [5.74, 6) is 5.68. The van der Waals surface area contributed by atoms with Crippen molar-refractivity contribution < 1.29 is 4.79 Å². The van der Waals surface area contributed by atoms with Crippen molar-refractivity contribution in [2.24, 2.45) is 5.84 Å². The zero-order valence-corrected chi connectivity index (χ0v) is 12.4. The molecule has 2 aromatic heterocycles. The number of carbonyl (C=O) groups excluding carboxylic acids is 1. The number of nitrogen functional groups attached to an aromatic ring is 1. The highest BCUT2D eigenvalue weighted by molar-refractivity contribution is 6.05. The Hall–Kier alpha value is -2.41. The maximum Gasteiger partial charge on any atom is 0.255 e. The van der Waals surface area contributed by atoms with E-state index in [0.29, 0.717) is 17.1 Å². The van der Waals surface area contributed by atoms with Crippen molar-refractivity contribution in [2.45, 2.75) is 33.6 Å². The second-order valence-corrected chi connectivity index (χ2v) is 4.89. The van der Waals surface area contributed by atoms with Gasteiger partial charge in [-0.1, -0.05) is 13.3 Å². The Morgan fingerprint density at radius 1 is 1.38 bits per heavy atom. The third kappa shape index (κ3) is 3.38. The molecule has 112 valence electrons. The minimum atomic E-state index is -0.209. The average molecular weight is 288 g/mol. The number of rotatable bonds is 5. The number of hydrogen-bond acceptors (Lipinski definition) is 5. The van der Waals surface area contributed by atoms with Gasteiger partial charge in [-0.2, -0.15) is 5.10 Å². The van der Waals surface area contributed by atoms with Gasteiger partial charge < -0.3 is 10.7 Å². The van der Waals surface area contributed by atoms with Crippen LogP contribution in [0, 0.1) is 13.8 Å². The van der Waals surface area contributed by atoms with Crippen molar-refractivity contribution in [2.75, 3.05) is 10.7 Å². The Morgan fingerprint density at radius 3 is 2.71 bits per heavy atom. The van der Waals surface area contributed by atoms with E-state index in [1.165, 1.54) is 0 Å². The van der Waals surface area contributed by atoms with Gasteiger partial charge in [0.15, 0.2) is 0 Å². The SMILES string of the molecule is CCCc1cc(C(=O)Nc2c(C)n[nH]c2C)cc(NN)n1. The molecule has 2 heterocycles. The first kappa shape index (κ1) is 15.0. The van der Waals surface area contributed by atoms with Crippen LogP contribution in [0.25, 0.3) is 0 Å². The molecule has 0 aliphatic carbocycles. The second-order valence-electron chi connectivity index (χ2n) is 4.89. The summed E-state index contributed by atoms with van der Waals surface area (Å²) in [6.07, 6.45) is 1.74. The smallest absolute Gasteiger partial charge is 0.255 e. The fraction of sp³-hybridized carbons (Fsp3) is 0.357.